The lowest BCUT2D eigenvalue weighted by molar-refractivity contribution is -0.0384. The molecule has 178 valence electrons. The maximum atomic E-state index is 12.8. The van der Waals surface area contributed by atoms with Gasteiger partial charge in [-0.15, -0.1) is 0 Å². The molecule has 2 aromatic carbocycles. The lowest BCUT2D eigenvalue weighted by atomic mass is 10.1. The van der Waals surface area contributed by atoms with Crippen LogP contribution >= 0.6 is 0 Å². The number of hydrogen-bond donors (Lipinski definition) is 2. The van der Waals surface area contributed by atoms with Gasteiger partial charge in [0.05, 0.1) is 5.69 Å². The number of aromatic nitrogens is 3. The van der Waals surface area contributed by atoms with Crippen molar-refractivity contribution < 1.29 is 22.2 Å². The van der Waals surface area contributed by atoms with Crippen LogP contribution in [-0.2, 0) is 10.8 Å². The fourth-order valence-corrected chi connectivity index (χ4v) is 3.84. The van der Waals surface area contributed by atoms with Crippen molar-refractivity contribution in [2.75, 3.05) is 10.6 Å². The third kappa shape index (κ3) is 5.87. The normalized spacial score (nSPS) is 12.1. The zero-order valence-electron chi connectivity index (χ0n) is 18.2. The van der Waals surface area contributed by atoms with E-state index in [-0.39, 0.29) is 5.56 Å². The van der Waals surface area contributed by atoms with Crippen molar-refractivity contribution >= 4 is 34.0 Å². The molecule has 4 rings (SSSR count). The van der Waals surface area contributed by atoms with E-state index in [4.69, 9.17) is 0 Å². The number of nitrogens with one attached hydrogen (secondary N) is 2. The van der Waals surface area contributed by atoms with Crippen LogP contribution in [-0.4, -0.2) is 30.6 Å². The Morgan fingerprint density at radius 2 is 1.83 bits per heavy atom. The smallest absolute Gasteiger partial charge is 0.324 e. The molecule has 11 heteroatoms. The number of alkyl halides is 3. The van der Waals surface area contributed by atoms with Crippen LogP contribution in [0.1, 0.15) is 15.9 Å². The Morgan fingerprint density at radius 1 is 1.00 bits per heavy atom. The number of hydrogen-bond acceptors (Lipinski definition) is 6. The third-order valence-corrected chi connectivity index (χ3v) is 5.98. The van der Waals surface area contributed by atoms with Crippen LogP contribution in [0.2, 0.25) is 0 Å². The van der Waals surface area contributed by atoms with Crippen molar-refractivity contribution in [1.29, 1.82) is 0 Å². The lowest BCUT2D eigenvalue weighted by Crippen LogP contribution is -2.17. The number of aryl methyl sites for hydroxylation is 1. The highest BCUT2D eigenvalue weighted by Crippen LogP contribution is 2.28. The molecule has 2 aromatic heterocycles. The van der Waals surface area contributed by atoms with Gasteiger partial charge in [-0.2, -0.15) is 13.2 Å². The van der Waals surface area contributed by atoms with E-state index >= 15 is 0 Å². The standard InChI is InChI=1S/C24H18F3N5O2S/c1-15-7-8-18(30-22(33)16-4-2-6-19(12-16)35(34)24(25,26)27)13-21(15)32-23-29-11-9-20(31-23)17-5-3-10-28-14-17/h2-14H,1H3,(H,30,33)(H,29,31,32). The van der Waals surface area contributed by atoms with Gasteiger partial charge in [0.2, 0.25) is 5.95 Å². The Balaban J connectivity index is 1.53. The zero-order valence-corrected chi connectivity index (χ0v) is 19.0. The van der Waals surface area contributed by atoms with Gasteiger partial charge in [-0.1, -0.05) is 12.1 Å². The summed E-state index contributed by atoms with van der Waals surface area (Å²) in [6.45, 7) is 1.86. The van der Waals surface area contributed by atoms with Gasteiger partial charge in [0.1, 0.15) is 0 Å². The first-order chi connectivity index (χ1) is 16.7. The molecule has 0 fully saturated rings. The quantitative estimate of drug-likeness (QED) is 0.367. The molecule has 4 aromatic rings. The molecular formula is C24H18F3N5O2S. The topological polar surface area (TPSA) is 96.9 Å². The summed E-state index contributed by atoms with van der Waals surface area (Å²) in [5.41, 5.74) is -1.60. The Morgan fingerprint density at radius 3 is 2.57 bits per heavy atom. The highest BCUT2D eigenvalue weighted by Gasteiger charge is 2.38. The van der Waals surface area contributed by atoms with Gasteiger partial charge >= 0.3 is 5.51 Å². The summed E-state index contributed by atoms with van der Waals surface area (Å²) < 4.78 is 49.9. The highest BCUT2D eigenvalue weighted by molar-refractivity contribution is 7.86. The highest BCUT2D eigenvalue weighted by atomic mass is 32.2. The molecule has 7 nitrogen and oxygen atoms in total. The number of amides is 1. The summed E-state index contributed by atoms with van der Waals surface area (Å²) in [5, 5.41) is 5.76. The van der Waals surface area contributed by atoms with Gasteiger partial charge in [-0.05, 0) is 61.0 Å². The molecular weight excluding hydrogens is 479 g/mol. The van der Waals surface area contributed by atoms with Crippen molar-refractivity contribution in [2.24, 2.45) is 0 Å². The van der Waals surface area contributed by atoms with Gasteiger partial charge in [0, 0.05) is 46.0 Å². The van der Waals surface area contributed by atoms with E-state index in [1.165, 1.54) is 12.1 Å². The van der Waals surface area contributed by atoms with E-state index in [9.17, 15) is 22.2 Å². The number of rotatable bonds is 6. The summed E-state index contributed by atoms with van der Waals surface area (Å²) in [4.78, 5) is 25.0. The predicted octanol–water partition coefficient (Wildman–Crippen LogP) is 5.47. The predicted molar refractivity (Wildman–Crippen MR) is 127 cm³/mol. The molecule has 2 heterocycles. The average molecular weight is 498 g/mol. The fourth-order valence-electron chi connectivity index (χ4n) is 3.14. The molecule has 1 amide bonds. The largest absolute Gasteiger partial charge is 0.475 e. The van der Waals surface area contributed by atoms with Crippen LogP contribution < -0.4 is 10.6 Å². The van der Waals surface area contributed by atoms with Crippen molar-refractivity contribution in [3.63, 3.8) is 0 Å². The van der Waals surface area contributed by atoms with E-state index in [1.807, 2.05) is 13.0 Å². The summed E-state index contributed by atoms with van der Waals surface area (Å²) in [5.74, 6) is -0.309. The Labute approximate surface area is 200 Å². The van der Waals surface area contributed by atoms with Gasteiger partial charge < -0.3 is 10.6 Å². The van der Waals surface area contributed by atoms with Crippen LogP contribution in [0.3, 0.4) is 0 Å². The molecule has 35 heavy (non-hydrogen) atoms. The second kappa shape index (κ2) is 10.0. The maximum absolute atomic E-state index is 12.8. The monoisotopic (exact) mass is 497 g/mol. The van der Waals surface area contributed by atoms with Crippen LogP contribution in [0, 0.1) is 6.92 Å². The van der Waals surface area contributed by atoms with Crippen molar-refractivity contribution in [2.45, 2.75) is 17.3 Å². The van der Waals surface area contributed by atoms with E-state index in [1.54, 1.807) is 48.9 Å². The van der Waals surface area contributed by atoms with Crippen LogP contribution in [0.25, 0.3) is 11.3 Å². The number of halogens is 3. The Bertz CT molecular complexity index is 1400. The van der Waals surface area contributed by atoms with Crippen molar-refractivity contribution in [3.05, 3.63) is 90.4 Å². The van der Waals surface area contributed by atoms with E-state index < -0.39 is 27.1 Å². The fraction of sp³-hybridized carbons (Fsp3) is 0.0833. The molecule has 2 N–H and O–H groups in total. The van der Waals surface area contributed by atoms with Gasteiger partial charge in [0.15, 0.2) is 10.8 Å². The van der Waals surface area contributed by atoms with Crippen LogP contribution in [0.5, 0.6) is 0 Å². The molecule has 0 bridgehead atoms. The number of benzene rings is 2. The molecule has 0 saturated heterocycles. The molecule has 1 atom stereocenters. The number of carbonyl (C=O) groups excluding carboxylic acids is 1. The zero-order chi connectivity index (χ0) is 25.0. The number of carbonyl (C=O) groups is 1. The second-order valence-corrected chi connectivity index (χ2v) is 8.83. The summed E-state index contributed by atoms with van der Waals surface area (Å²) >= 11 is 0. The van der Waals surface area contributed by atoms with Crippen LogP contribution in [0.15, 0.2) is 84.1 Å². The Hall–Kier alpha value is -4.12. The van der Waals surface area contributed by atoms with Crippen molar-refractivity contribution in [3.8, 4) is 11.3 Å². The molecule has 0 aliphatic rings. The van der Waals surface area contributed by atoms with Gasteiger partial charge in [-0.3, -0.25) is 9.78 Å². The number of anilines is 3. The first-order valence-corrected chi connectivity index (χ1v) is 11.4. The molecule has 0 radical (unpaired) electrons. The summed E-state index contributed by atoms with van der Waals surface area (Å²) in [6.07, 6.45) is 4.96. The number of nitrogens with zero attached hydrogens (tertiary/aromatic N) is 3. The summed E-state index contributed by atoms with van der Waals surface area (Å²) in [6, 6.07) is 15.1. The minimum Gasteiger partial charge on any atom is -0.324 e. The van der Waals surface area contributed by atoms with Crippen molar-refractivity contribution in [1.82, 2.24) is 15.0 Å². The minimum atomic E-state index is -4.91. The van der Waals surface area contributed by atoms with E-state index in [0.717, 1.165) is 23.3 Å². The third-order valence-electron chi connectivity index (χ3n) is 4.88. The lowest BCUT2D eigenvalue weighted by Gasteiger charge is -2.12. The molecule has 0 aliphatic heterocycles. The second-order valence-electron chi connectivity index (χ2n) is 7.36. The first-order valence-electron chi connectivity index (χ1n) is 10.2. The maximum Gasteiger partial charge on any atom is 0.475 e. The van der Waals surface area contributed by atoms with E-state index in [2.05, 4.69) is 25.6 Å². The first kappa shape index (κ1) is 24.0. The van der Waals surface area contributed by atoms with E-state index in [0.29, 0.717) is 23.0 Å². The van der Waals surface area contributed by atoms with Crippen LogP contribution in [0.4, 0.5) is 30.5 Å². The number of pyridine rings is 1. The molecule has 0 saturated carbocycles. The SMILES string of the molecule is Cc1ccc(NC(=O)c2cccc(S(=O)C(F)(F)F)c2)cc1Nc1nccc(-c2cccnc2)n1. The van der Waals surface area contributed by atoms with Gasteiger partial charge in [0.25, 0.3) is 5.91 Å². The molecule has 0 spiro atoms. The molecule has 1 unspecified atom stereocenters. The summed E-state index contributed by atoms with van der Waals surface area (Å²) in [7, 11) is -3.23. The Kier molecular flexibility index (Phi) is 6.87. The van der Waals surface area contributed by atoms with Gasteiger partial charge in [-0.25, -0.2) is 14.2 Å². The average Bonchev–Trinajstić information content (AvgIpc) is 2.86. The minimum absolute atomic E-state index is 0.0531. The molecule has 0 aliphatic carbocycles.